The van der Waals surface area contributed by atoms with Crippen LogP contribution < -0.4 is 11.1 Å². The molecule has 2 atom stereocenters. The molecule has 0 aliphatic carbocycles. The Balaban J connectivity index is 2.24. The number of nitrogens with one attached hydrogen (secondary N) is 1. The minimum absolute atomic E-state index is 0.0243. The highest BCUT2D eigenvalue weighted by atomic mass is 19.4. The number of alkyl halides is 3. The van der Waals surface area contributed by atoms with Gasteiger partial charge in [-0.15, -0.1) is 0 Å². The lowest BCUT2D eigenvalue weighted by Gasteiger charge is -2.13. The van der Waals surface area contributed by atoms with Crippen LogP contribution in [0.15, 0.2) is 4.99 Å². The Morgan fingerprint density at radius 3 is 2.82 bits per heavy atom. The van der Waals surface area contributed by atoms with Crippen molar-refractivity contribution in [1.82, 2.24) is 5.32 Å². The molecule has 1 rings (SSSR count). The third-order valence-corrected chi connectivity index (χ3v) is 2.35. The zero-order valence-electron chi connectivity index (χ0n) is 9.20. The number of hydrogen-bond acceptors (Lipinski definition) is 3. The first kappa shape index (κ1) is 14.0. The van der Waals surface area contributed by atoms with Gasteiger partial charge in [0.1, 0.15) is 0 Å². The quantitative estimate of drug-likeness (QED) is 0.487. The molecule has 0 aromatic rings. The fourth-order valence-electron chi connectivity index (χ4n) is 1.37. The van der Waals surface area contributed by atoms with Gasteiger partial charge < -0.3 is 20.9 Å². The molecule has 100 valence electrons. The van der Waals surface area contributed by atoms with Gasteiger partial charge in [-0.3, -0.25) is 4.99 Å². The minimum Gasteiger partial charge on any atom is -0.382 e. The van der Waals surface area contributed by atoms with E-state index in [0.717, 1.165) is 12.8 Å². The van der Waals surface area contributed by atoms with Crippen LogP contribution in [0.2, 0.25) is 0 Å². The van der Waals surface area contributed by atoms with Crippen LogP contribution in [0.25, 0.3) is 0 Å². The van der Waals surface area contributed by atoms with E-state index in [0.29, 0.717) is 13.2 Å². The van der Waals surface area contributed by atoms with Crippen LogP contribution in [-0.4, -0.2) is 49.1 Å². The number of aliphatic hydroxyl groups excluding tert-OH is 1. The highest BCUT2D eigenvalue weighted by molar-refractivity contribution is 5.77. The smallest absolute Gasteiger partial charge is 0.382 e. The van der Waals surface area contributed by atoms with Crippen molar-refractivity contribution in [2.45, 2.75) is 31.2 Å². The van der Waals surface area contributed by atoms with Gasteiger partial charge in [0.05, 0.1) is 12.6 Å². The highest BCUT2D eigenvalue weighted by Crippen LogP contribution is 2.19. The number of aliphatic imine (C=N–C) groups is 1. The van der Waals surface area contributed by atoms with Gasteiger partial charge in [-0.25, -0.2) is 0 Å². The molecule has 2 unspecified atom stereocenters. The predicted molar refractivity (Wildman–Crippen MR) is 55.5 cm³/mol. The maximum absolute atomic E-state index is 11.9. The molecule has 0 amide bonds. The van der Waals surface area contributed by atoms with Crippen LogP contribution in [-0.2, 0) is 4.74 Å². The molecular weight excluding hydrogens is 239 g/mol. The van der Waals surface area contributed by atoms with Gasteiger partial charge in [-0.05, 0) is 12.8 Å². The highest BCUT2D eigenvalue weighted by Gasteiger charge is 2.37. The Kier molecular flexibility index (Phi) is 5.01. The van der Waals surface area contributed by atoms with Gasteiger partial charge in [-0.2, -0.15) is 13.2 Å². The summed E-state index contributed by atoms with van der Waals surface area (Å²) in [6, 6.07) is 0. The number of guanidine groups is 1. The molecule has 0 spiro atoms. The summed E-state index contributed by atoms with van der Waals surface area (Å²) in [5.74, 6) is -0.121. The van der Waals surface area contributed by atoms with Crippen molar-refractivity contribution in [1.29, 1.82) is 0 Å². The summed E-state index contributed by atoms with van der Waals surface area (Å²) in [6.07, 6.45) is -5.26. The van der Waals surface area contributed by atoms with Gasteiger partial charge in [-0.1, -0.05) is 0 Å². The summed E-state index contributed by atoms with van der Waals surface area (Å²) in [6.45, 7) is 0.307. The standard InChI is InChI=1S/C9H16F3N3O2/c10-9(11,12)7(16)5-15-8(13)14-4-6-2-1-3-17-6/h6-7,16H,1-5H2,(H3,13,14,15). The lowest BCUT2D eigenvalue weighted by Crippen LogP contribution is -2.39. The van der Waals surface area contributed by atoms with Gasteiger partial charge in [0.2, 0.25) is 0 Å². The molecule has 0 aromatic carbocycles. The van der Waals surface area contributed by atoms with E-state index in [4.69, 9.17) is 15.6 Å². The lowest BCUT2D eigenvalue weighted by atomic mass is 10.2. The van der Waals surface area contributed by atoms with Crippen molar-refractivity contribution in [2.75, 3.05) is 19.7 Å². The van der Waals surface area contributed by atoms with Crippen LogP contribution in [0.1, 0.15) is 12.8 Å². The number of ether oxygens (including phenoxy) is 1. The van der Waals surface area contributed by atoms with E-state index in [1.165, 1.54) is 0 Å². The number of rotatable bonds is 4. The van der Waals surface area contributed by atoms with E-state index in [1.54, 1.807) is 0 Å². The number of nitrogens with two attached hydrogens (primary N) is 1. The summed E-state index contributed by atoms with van der Waals surface area (Å²) in [7, 11) is 0. The number of aliphatic hydroxyl groups is 1. The second-order valence-electron chi connectivity index (χ2n) is 3.80. The van der Waals surface area contributed by atoms with Gasteiger partial charge in [0.25, 0.3) is 0 Å². The van der Waals surface area contributed by atoms with Gasteiger partial charge in [0.15, 0.2) is 12.1 Å². The average molecular weight is 255 g/mol. The summed E-state index contributed by atoms with van der Waals surface area (Å²) < 4.78 is 41.1. The largest absolute Gasteiger partial charge is 0.416 e. The molecule has 1 aliphatic heterocycles. The summed E-state index contributed by atoms with van der Waals surface area (Å²) in [5.41, 5.74) is 5.35. The maximum atomic E-state index is 11.9. The Bertz CT molecular complexity index is 265. The molecule has 17 heavy (non-hydrogen) atoms. The zero-order chi connectivity index (χ0) is 12.9. The molecule has 1 saturated heterocycles. The molecule has 0 bridgehead atoms. The van der Waals surface area contributed by atoms with Crippen molar-refractivity contribution in [3.05, 3.63) is 0 Å². The van der Waals surface area contributed by atoms with Crippen molar-refractivity contribution in [2.24, 2.45) is 10.7 Å². The SMILES string of the molecule is NC(=NCC(O)C(F)(F)F)NCC1CCCO1. The number of hydrogen-bond donors (Lipinski definition) is 3. The molecule has 0 aromatic heterocycles. The van der Waals surface area contributed by atoms with E-state index < -0.39 is 18.8 Å². The first-order chi connectivity index (χ1) is 7.89. The fourth-order valence-corrected chi connectivity index (χ4v) is 1.37. The second-order valence-corrected chi connectivity index (χ2v) is 3.80. The van der Waals surface area contributed by atoms with Crippen LogP contribution in [0.4, 0.5) is 13.2 Å². The van der Waals surface area contributed by atoms with Crippen molar-refractivity contribution in [3.63, 3.8) is 0 Å². The van der Waals surface area contributed by atoms with Crippen LogP contribution in [0.5, 0.6) is 0 Å². The molecule has 1 aliphatic rings. The Labute approximate surface area is 96.8 Å². The molecule has 5 nitrogen and oxygen atoms in total. The number of halogens is 3. The maximum Gasteiger partial charge on any atom is 0.416 e. The van der Waals surface area contributed by atoms with Crippen LogP contribution in [0, 0.1) is 0 Å². The van der Waals surface area contributed by atoms with Crippen LogP contribution in [0.3, 0.4) is 0 Å². The Morgan fingerprint density at radius 1 is 1.59 bits per heavy atom. The lowest BCUT2D eigenvalue weighted by molar-refractivity contribution is -0.199. The van der Waals surface area contributed by atoms with Crippen LogP contribution >= 0.6 is 0 Å². The monoisotopic (exact) mass is 255 g/mol. The molecule has 1 fully saturated rings. The first-order valence-corrected chi connectivity index (χ1v) is 5.30. The Morgan fingerprint density at radius 2 is 2.29 bits per heavy atom. The summed E-state index contributed by atoms with van der Waals surface area (Å²) >= 11 is 0. The van der Waals surface area contributed by atoms with Crippen molar-refractivity contribution in [3.8, 4) is 0 Å². The normalized spacial score (nSPS) is 23.8. The van der Waals surface area contributed by atoms with E-state index in [1.807, 2.05) is 0 Å². The predicted octanol–water partition coefficient (Wildman–Crippen LogP) is -0.00710. The van der Waals surface area contributed by atoms with Gasteiger partial charge in [0, 0.05) is 13.2 Å². The van der Waals surface area contributed by atoms with Crippen molar-refractivity contribution >= 4 is 5.96 Å². The zero-order valence-corrected chi connectivity index (χ0v) is 9.20. The second kappa shape index (κ2) is 6.06. The molecular formula is C9H16F3N3O2. The summed E-state index contributed by atoms with van der Waals surface area (Å²) in [5, 5.41) is 11.3. The van der Waals surface area contributed by atoms with E-state index in [-0.39, 0.29) is 12.1 Å². The minimum atomic E-state index is -4.67. The molecule has 0 saturated carbocycles. The van der Waals surface area contributed by atoms with E-state index in [2.05, 4.69) is 10.3 Å². The van der Waals surface area contributed by atoms with Crippen molar-refractivity contribution < 1.29 is 23.0 Å². The molecule has 4 N–H and O–H groups in total. The third-order valence-electron chi connectivity index (χ3n) is 2.35. The summed E-state index contributed by atoms with van der Waals surface area (Å²) in [4.78, 5) is 3.41. The third kappa shape index (κ3) is 5.22. The van der Waals surface area contributed by atoms with E-state index in [9.17, 15) is 13.2 Å². The fraction of sp³-hybridized carbons (Fsp3) is 0.889. The molecule has 0 radical (unpaired) electrons. The molecule has 8 heteroatoms. The topological polar surface area (TPSA) is 79.9 Å². The number of nitrogens with zero attached hydrogens (tertiary/aromatic N) is 1. The Hall–Kier alpha value is -1.02. The molecule has 1 heterocycles. The first-order valence-electron chi connectivity index (χ1n) is 5.30. The average Bonchev–Trinajstić information content (AvgIpc) is 2.74. The van der Waals surface area contributed by atoms with Gasteiger partial charge >= 0.3 is 6.18 Å². The van der Waals surface area contributed by atoms with E-state index >= 15 is 0 Å².